The summed E-state index contributed by atoms with van der Waals surface area (Å²) in [5.74, 6) is -0.324. The second-order valence-corrected chi connectivity index (χ2v) is 3.82. The molecule has 1 fully saturated rings. The molecule has 1 aliphatic rings. The summed E-state index contributed by atoms with van der Waals surface area (Å²) in [5, 5.41) is 0. The Morgan fingerprint density at radius 2 is 2.33 bits per heavy atom. The van der Waals surface area contributed by atoms with Gasteiger partial charge in [0.15, 0.2) is 0 Å². The summed E-state index contributed by atoms with van der Waals surface area (Å²) in [6.07, 6.45) is 2.90. The van der Waals surface area contributed by atoms with Crippen LogP contribution in [-0.2, 0) is 16.0 Å². The minimum absolute atomic E-state index is 0.0285. The van der Waals surface area contributed by atoms with Gasteiger partial charge in [-0.25, -0.2) is 4.39 Å². The lowest BCUT2D eigenvalue weighted by molar-refractivity contribution is -0.141. The van der Waals surface area contributed by atoms with Crippen LogP contribution in [0.25, 0.3) is 0 Å². The minimum Gasteiger partial charge on any atom is -0.462 e. The maximum atomic E-state index is 12.8. The molecule has 1 heterocycles. The Bertz CT molecular complexity index is 362. The molecular weight excluding hydrogens is 195 g/mol. The van der Waals surface area contributed by atoms with E-state index in [2.05, 4.69) is 0 Å². The third-order valence-electron chi connectivity index (χ3n) is 2.61. The second-order valence-electron chi connectivity index (χ2n) is 3.82. The molecule has 0 spiro atoms. The van der Waals surface area contributed by atoms with Crippen molar-refractivity contribution in [3.05, 3.63) is 35.6 Å². The first kappa shape index (κ1) is 10.1. The highest BCUT2D eigenvalue weighted by Crippen LogP contribution is 2.19. The van der Waals surface area contributed by atoms with E-state index in [0.717, 1.165) is 24.8 Å². The maximum Gasteiger partial charge on any atom is 0.306 e. The summed E-state index contributed by atoms with van der Waals surface area (Å²) in [5.41, 5.74) is 0.956. The normalized spacial score (nSPS) is 20.3. The van der Waals surface area contributed by atoms with Crippen LogP contribution >= 0.6 is 0 Å². The average molecular weight is 208 g/mol. The Balaban J connectivity index is 1.85. The molecule has 0 radical (unpaired) electrons. The average Bonchev–Trinajstić information content (AvgIpc) is 2.62. The number of rotatable bonds is 3. The van der Waals surface area contributed by atoms with Gasteiger partial charge in [-0.05, 0) is 37.0 Å². The number of ether oxygens (including phenoxy) is 1. The summed E-state index contributed by atoms with van der Waals surface area (Å²) >= 11 is 0. The molecule has 1 atom stereocenters. The van der Waals surface area contributed by atoms with Gasteiger partial charge in [0.25, 0.3) is 0 Å². The number of carbonyl (C=O) groups excluding carboxylic acids is 1. The predicted molar refractivity (Wildman–Crippen MR) is 53.8 cm³/mol. The molecular formula is C12H13FO2. The number of hydrogen-bond acceptors (Lipinski definition) is 2. The Kier molecular flexibility index (Phi) is 2.99. The Morgan fingerprint density at radius 1 is 1.47 bits per heavy atom. The highest BCUT2D eigenvalue weighted by atomic mass is 19.1. The molecule has 1 aromatic carbocycles. The molecule has 0 N–H and O–H groups in total. The van der Waals surface area contributed by atoms with Gasteiger partial charge in [0.05, 0.1) is 0 Å². The molecule has 0 aliphatic carbocycles. The van der Waals surface area contributed by atoms with E-state index in [1.807, 2.05) is 6.07 Å². The van der Waals surface area contributed by atoms with Gasteiger partial charge in [-0.2, -0.15) is 0 Å². The van der Waals surface area contributed by atoms with E-state index < -0.39 is 0 Å². The van der Waals surface area contributed by atoms with Crippen LogP contribution in [0.5, 0.6) is 0 Å². The third kappa shape index (κ3) is 2.78. The molecule has 1 unspecified atom stereocenters. The number of benzene rings is 1. The van der Waals surface area contributed by atoms with Crippen molar-refractivity contribution in [1.82, 2.24) is 0 Å². The molecule has 0 aromatic heterocycles. The zero-order valence-corrected chi connectivity index (χ0v) is 8.41. The van der Waals surface area contributed by atoms with Crippen molar-refractivity contribution in [3.63, 3.8) is 0 Å². The second kappa shape index (κ2) is 4.43. The lowest BCUT2D eigenvalue weighted by Crippen LogP contribution is -2.07. The van der Waals surface area contributed by atoms with E-state index in [1.165, 1.54) is 12.1 Å². The van der Waals surface area contributed by atoms with Crippen LogP contribution in [0.4, 0.5) is 4.39 Å². The third-order valence-corrected chi connectivity index (χ3v) is 2.61. The first-order valence-corrected chi connectivity index (χ1v) is 5.18. The smallest absolute Gasteiger partial charge is 0.306 e. The molecule has 1 aromatic rings. The largest absolute Gasteiger partial charge is 0.462 e. The van der Waals surface area contributed by atoms with Crippen molar-refractivity contribution in [2.45, 2.75) is 31.8 Å². The lowest BCUT2D eigenvalue weighted by Gasteiger charge is -2.08. The molecule has 0 saturated carbocycles. The first-order valence-electron chi connectivity index (χ1n) is 5.18. The van der Waals surface area contributed by atoms with Crippen LogP contribution in [0.15, 0.2) is 24.3 Å². The zero-order chi connectivity index (χ0) is 10.7. The Labute approximate surface area is 88.1 Å². The summed E-state index contributed by atoms with van der Waals surface area (Å²) in [6.45, 7) is 0. The molecule has 2 nitrogen and oxygen atoms in total. The van der Waals surface area contributed by atoms with Gasteiger partial charge in [0.1, 0.15) is 11.9 Å². The molecule has 15 heavy (non-hydrogen) atoms. The van der Waals surface area contributed by atoms with Crippen molar-refractivity contribution in [2.24, 2.45) is 0 Å². The molecule has 1 saturated heterocycles. The molecule has 0 bridgehead atoms. The summed E-state index contributed by atoms with van der Waals surface area (Å²) in [4.78, 5) is 10.8. The van der Waals surface area contributed by atoms with E-state index in [-0.39, 0.29) is 17.9 Å². The summed E-state index contributed by atoms with van der Waals surface area (Å²) in [7, 11) is 0. The quantitative estimate of drug-likeness (QED) is 0.713. The number of hydrogen-bond donors (Lipinski definition) is 0. The topological polar surface area (TPSA) is 26.3 Å². The van der Waals surface area contributed by atoms with Crippen molar-refractivity contribution in [2.75, 3.05) is 0 Å². The lowest BCUT2D eigenvalue weighted by atomic mass is 10.1. The van der Waals surface area contributed by atoms with Crippen LogP contribution in [0.2, 0.25) is 0 Å². The molecule has 3 heteroatoms. The van der Waals surface area contributed by atoms with E-state index in [9.17, 15) is 9.18 Å². The number of cyclic esters (lactones) is 1. The van der Waals surface area contributed by atoms with Crippen LogP contribution in [0.1, 0.15) is 24.8 Å². The van der Waals surface area contributed by atoms with Gasteiger partial charge in [-0.1, -0.05) is 12.1 Å². The van der Waals surface area contributed by atoms with Crippen LogP contribution in [0.3, 0.4) is 0 Å². The number of aryl methyl sites for hydroxylation is 1. The summed E-state index contributed by atoms with van der Waals surface area (Å²) in [6, 6.07) is 6.54. The van der Waals surface area contributed by atoms with Gasteiger partial charge in [0.2, 0.25) is 0 Å². The van der Waals surface area contributed by atoms with Crippen molar-refractivity contribution in [3.8, 4) is 0 Å². The zero-order valence-electron chi connectivity index (χ0n) is 8.41. The fraction of sp³-hybridized carbons (Fsp3) is 0.417. The summed E-state index contributed by atoms with van der Waals surface area (Å²) < 4.78 is 17.9. The number of esters is 1. The van der Waals surface area contributed by atoms with E-state index in [1.54, 1.807) is 6.07 Å². The fourth-order valence-electron chi connectivity index (χ4n) is 1.81. The number of carbonyl (C=O) groups is 1. The number of halogens is 1. The van der Waals surface area contributed by atoms with Crippen LogP contribution in [0, 0.1) is 5.82 Å². The first-order chi connectivity index (χ1) is 7.24. The van der Waals surface area contributed by atoms with Gasteiger partial charge < -0.3 is 4.74 Å². The van der Waals surface area contributed by atoms with Crippen molar-refractivity contribution in [1.29, 1.82) is 0 Å². The van der Waals surface area contributed by atoms with Crippen LogP contribution < -0.4 is 0 Å². The van der Waals surface area contributed by atoms with E-state index in [4.69, 9.17) is 4.74 Å². The molecule has 0 amide bonds. The Morgan fingerprint density at radius 3 is 3.00 bits per heavy atom. The van der Waals surface area contributed by atoms with Gasteiger partial charge >= 0.3 is 5.97 Å². The predicted octanol–water partition coefficient (Wildman–Crippen LogP) is 2.46. The molecule has 80 valence electrons. The highest BCUT2D eigenvalue weighted by Gasteiger charge is 2.22. The maximum absolute atomic E-state index is 12.8. The molecule has 1 aliphatic heterocycles. The fourth-order valence-corrected chi connectivity index (χ4v) is 1.81. The van der Waals surface area contributed by atoms with Gasteiger partial charge in [-0.15, -0.1) is 0 Å². The van der Waals surface area contributed by atoms with Gasteiger partial charge in [-0.3, -0.25) is 4.79 Å². The van der Waals surface area contributed by atoms with Crippen LogP contribution in [-0.4, -0.2) is 12.1 Å². The molecule has 2 rings (SSSR count). The SMILES string of the molecule is O=C1CCC(CCc2cccc(F)c2)O1. The van der Waals surface area contributed by atoms with Gasteiger partial charge in [0, 0.05) is 6.42 Å². The van der Waals surface area contributed by atoms with E-state index >= 15 is 0 Å². The highest BCUT2D eigenvalue weighted by molar-refractivity contribution is 5.71. The van der Waals surface area contributed by atoms with Crippen molar-refractivity contribution < 1.29 is 13.9 Å². The van der Waals surface area contributed by atoms with Crippen molar-refractivity contribution >= 4 is 5.97 Å². The standard InChI is InChI=1S/C12H13FO2/c13-10-3-1-2-9(8-10)4-5-11-6-7-12(14)15-11/h1-3,8,11H,4-7H2. The van der Waals surface area contributed by atoms with E-state index in [0.29, 0.717) is 6.42 Å². The minimum atomic E-state index is -0.212. The Hall–Kier alpha value is -1.38. The monoisotopic (exact) mass is 208 g/mol.